The van der Waals surface area contributed by atoms with Crippen molar-refractivity contribution in [2.75, 3.05) is 0 Å². The maximum atomic E-state index is 11.8. The number of phenolic OH excluding ortho intramolecular Hbond substituents is 2. The normalized spacial score (nSPS) is 11.9. The molecule has 1 rings (SSSR count). The lowest BCUT2D eigenvalue weighted by atomic mass is 10.1. The van der Waals surface area contributed by atoms with Crippen LogP contribution in [-0.4, -0.2) is 28.2 Å². The number of phenols is 2. The molecule has 0 fully saturated rings. The zero-order chi connectivity index (χ0) is 15.3. The van der Waals surface area contributed by atoms with Crippen molar-refractivity contribution in [1.29, 1.82) is 0 Å². The first-order valence-corrected chi connectivity index (χ1v) is 6.39. The summed E-state index contributed by atoms with van der Waals surface area (Å²) in [6.45, 7) is 1.68. The number of halogens is 1. The predicted octanol–water partition coefficient (Wildman–Crippen LogP) is 1.95. The van der Waals surface area contributed by atoms with E-state index in [1.54, 1.807) is 6.92 Å². The van der Waals surface area contributed by atoms with Crippen LogP contribution < -0.4 is 5.73 Å². The van der Waals surface area contributed by atoms with Gasteiger partial charge in [0, 0.05) is 6.42 Å². The first kappa shape index (κ1) is 16.1. The molecule has 0 aliphatic heterocycles. The van der Waals surface area contributed by atoms with Gasteiger partial charge >= 0.3 is 5.97 Å². The summed E-state index contributed by atoms with van der Waals surface area (Å²) in [6.07, 6.45) is 0.813. The molecule has 0 saturated carbocycles. The van der Waals surface area contributed by atoms with Crippen molar-refractivity contribution < 1.29 is 24.5 Å². The molecule has 0 unspecified atom stereocenters. The van der Waals surface area contributed by atoms with Crippen molar-refractivity contribution in [3.05, 3.63) is 22.7 Å². The maximum Gasteiger partial charge on any atom is 0.338 e. The highest BCUT2D eigenvalue weighted by Crippen LogP contribution is 2.33. The molecule has 110 valence electrons. The van der Waals surface area contributed by atoms with Crippen LogP contribution in [0.15, 0.2) is 12.1 Å². The third-order valence-electron chi connectivity index (χ3n) is 2.61. The molecule has 0 aliphatic rings. The molecule has 4 N–H and O–H groups in total. The minimum absolute atomic E-state index is 0.00819. The Balaban J connectivity index is 2.60. The Bertz CT molecular complexity index is 494. The lowest BCUT2D eigenvalue weighted by Gasteiger charge is -2.13. The van der Waals surface area contributed by atoms with E-state index in [0.717, 1.165) is 12.1 Å². The number of esters is 1. The molecule has 1 aromatic rings. The van der Waals surface area contributed by atoms with Crippen molar-refractivity contribution >= 4 is 23.5 Å². The van der Waals surface area contributed by atoms with Crippen molar-refractivity contribution in [1.82, 2.24) is 0 Å². The number of ether oxygens (including phenoxy) is 1. The summed E-state index contributed by atoms with van der Waals surface area (Å²) in [5.41, 5.74) is 5.00. The van der Waals surface area contributed by atoms with E-state index in [4.69, 9.17) is 22.1 Å². The maximum absolute atomic E-state index is 11.8. The SMILES string of the molecule is C[C@H](CCCC(N)=O)OC(=O)c1cc(O)c(Cl)c(O)c1. The van der Waals surface area contributed by atoms with E-state index in [2.05, 4.69) is 0 Å². The van der Waals surface area contributed by atoms with Gasteiger partial charge in [0.2, 0.25) is 5.91 Å². The van der Waals surface area contributed by atoms with Crippen LogP contribution in [0, 0.1) is 0 Å². The monoisotopic (exact) mass is 301 g/mol. The number of primary amides is 1. The second-order valence-electron chi connectivity index (χ2n) is 4.40. The summed E-state index contributed by atoms with van der Waals surface area (Å²) < 4.78 is 5.11. The fraction of sp³-hybridized carbons (Fsp3) is 0.385. The highest BCUT2D eigenvalue weighted by Gasteiger charge is 2.16. The van der Waals surface area contributed by atoms with Gasteiger partial charge in [-0.2, -0.15) is 0 Å². The van der Waals surface area contributed by atoms with Crippen molar-refractivity contribution in [2.45, 2.75) is 32.3 Å². The average Bonchev–Trinajstić information content (AvgIpc) is 2.34. The van der Waals surface area contributed by atoms with Crippen LogP contribution in [0.4, 0.5) is 0 Å². The molecule has 1 aromatic carbocycles. The molecule has 20 heavy (non-hydrogen) atoms. The van der Waals surface area contributed by atoms with Crippen LogP contribution in [0.5, 0.6) is 11.5 Å². The number of hydrogen-bond acceptors (Lipinski definition) is 5. The molecule has 0 bridgehead atoms. The van der Waals surface area contributed by atoms with Crippen molar-refractivity contribution in [3.8, 4) is 11.5 Å². The van der Waals surface area contributed by atoms with Gasteiger partial charge in [-0.15, -0.1) is 0 Å². The molecule has 1 atom stereocenters. The fourth-order valence-electron chi connectivity index (χ4n) is 1.59. The molecule has 6 nitrogen and oxygen atoms in total. The van der Waals surface area contributed by atoms with E-state index in [-0.39, 0.29) is 17.0 Å². The Morgan fingerprint density at radius 1 is 1.35 bits per heavy atom. The summed E-state index contributed by atoms with van der Waals surface area (Å²) in [5.74, 6) is -1.91. The van der Waals surface area contributed by atoms with Gasteiger partial charge in [-0.05, 0) is 31.9 Å². The first-order chi connectivity index (χ1) is 9.31. The molecular formula is C13H16ClNO5. The Morgan fingerprint density at radius 2 is 1.90 bits per heavy atom. The van der Waals surface area contributed by atoms with Crippen LogP contribution in [0.3, 0.4) is 0 Å². The third-order valence-corrected chi connectivity index (χ3v) is 3.00. The van der Waals surface area contributed by atoms with Gasteiger partial charge in [-0.25, -0.2) is 4.79 Å². The van der Waals surface area contributed by atoms with Crippen LogP contribution in [-0.2, 0) is 9.53 Å². The van der Waals surface area contributed by atoms with E-state index in [1.165, 1.54) is 0 Å². The van der Waals surface area contributed by atoms with Gasteiger partial charge in [0.05, 0.1) is 11.7 Å². The van der Waals surface area contributed by atoms with Crippen LogP contribution in [0.2, 0.25) is 5.02 Å². The van der Waals surface area contributed by atoms with Gasteiger partial charge < -0.3 is 20.7 Å². The lowest BCUT2D eigenvalue weighted by molar-refractivity contribution is -0.118. The minimum Gasteiger partial charge on any atom is -0.506 e. The largest absolute Gasteiger partial charge is 0.506 e. The molecular weight excluding hydrogens is 286 g/mol. The zero-order valence-electron chi connectivity index (χ0n) is 10.9. The Kier molecular flexibility index (Phi) is 5.64. The molecule has 0 heterocycles. The highest BCUT2D eigenvalue weighted by molar-refractivity contribution is 6.33. The van der Waals surface area contributed by atoms with E-state index >= 15 is 0 Å². The number of amides is 1. The molecule has 0 aliphatic carbocycles. The lowest BCUT2D eigenvalue weighted by Crippen LogP contribution is -2.16. The standard InChI is InChI=1S/C13H16ClNO5/c1-7(3-2-4-11(15)18)20-13(19)8-5-9(16)12(14)10(17)6-8/h5-7,16-17H,2-4H2,1H3,(H2,15,18)/t7-/m1/s1. The fourth-order valence-corrected chi connectivity index (χ4v) is 1.69. The summed E-state index contributed by atoms with van der Waals surface area (Å²) in [5, 5.41) is 18.6. The van der Waals surface area contributed by atoms with E-state index in [9.17, 15) is 19.8 Å². The second-order valence-corrected chi connectivity index (χ2v) is 4.78. The Morgan fingerprint density at radius 3 is 2.40 bits per heavy atom. The summed E-state index contributed by atoms with van der Waals surface area (Å²) in [6, 6.07) is 2.22. The Labute approximate surface area is 121 Å². The zero-order valence-corrected chi connectivity index (χ0v) is 11.7. The van der Waals surface area contributed by atoms with Gasteiger partial charge in [-0.3, -0.25) is 4.79 Å². The van der Waals surface area contributed by atoms with Gasteiger partial charge in [0.15, 0.2) is 0 Å². The number of rotatable bonds is 6. The van der Waals surface area contributed by atoms with Crippen LogP contribution >= 0.6 is 11.6 Å². The molecule has 1 amide bonds. The van der Waals surface area contributed by atoms with E-state index in [0.29, 0.717) is 12.8 Å². The van der Waals surface area contributed by atoms with Crippen LogP contribution in [0.1, 0.15) is 36.5 Å². The quantitative estimate of drug-likeness (QED) is 0.696. The van der Waals surface area contributed by atoms with Gasteiger partial charge in [-0.1, -0.05) is 11.6 Å². The van der Waals surface area contributed by atoms with Gasteiger partial charge in [0.1, 0.15) is 16.5 Å². The first-order valence-electron chi connectivity index (χ1n) is 6.02. The van der Waals surface area contributed by atoms with Crippen molar-refractivity contribution in [3.63, 3.8) is 0 Å². The Hall–Kier alpha value is -1.95. The number of hydrogen-bond donors (Lipinski definition) is 3. The number of carbonyl (C=O) groups excluding carboxylic acids is 2. The number of benzene rings is 1. The highest BCUT2D eigenvalue weighted by atomic mass is 35.5. The smallest absolute Gasteiger partial charge is 0.338 e. The summed E-state index contributed by atoms with van der Waals surface area (Å²) in [4.78, 5) is 22.4. The van der Waals surface area contributed by atoms with E-state index in [1.807, 2.05) is 0 Å². The second kappa shape index (κ2) is 7.00. The average molecular weight is 302 g/mol. The topological polar surface area (TPSA) is 110 Å². The molecule has 0 radical (unpaired) electrons. The third kappa shape index (κ3) is 4.62. The van der Waals surface area contributed by atoms with Gasteiger partial charge in [0.25, 0.3) is 0 Å². The molecule has 0 aromatic heterocycles. The minimum atomic E-state index is -0.696. The molecule has 7 heteroatoms. The van der Waals surface area contributed by atoms with Crippen molar-refractivity contribution in [2.24, 2.45) is 5.73 Å². The van der Waals surface area contributed by atoms with Crippen LogP contribution in [0.25, 0.3) is 0 Å². The summed E-state index contributed by atoms with van der Waals surface area (Å²) in [7, 11) is 0. The number of nitrogens with two attached hydrogens (primary N) is 1. The molecule has 0 saturated heterocycles. The number of aromatic hydroxyl groups is 2. The number of carbonyl (C=O) groups is 2. The summed E-state index contributed by atoms with van der Waals surface area (Å²) >= 11 is 5.56. The van der Waals surface area contributed by atoms with E-state index < -0.39 is 29.5 Å². The predicted molar refractivity (Wildman–Crippen MR) is 72.7 cm³/mol. The molecule has 0 spiro atoms.